The van der Waals surface area contributed by atoms with Crippen molar-refractivity contribution in [2.24, 2.45) is 5.10 Å². The van der Waals surface area contributed by atoms with Gasteiger partial charge in [0.1, 0.15) is 11.6 Å². The number of ether oxygens (including phenoxy) is 2. The third-order valence-electron chi connectivity index (χ3n) is 2.79. The number of carbonyl (C=O) groups is 1. The maximum absolute atomic E-state index is 12.7. The summed E-state index contributed by atoms with van der Waals surface area (Å²) >= 11 is 0. The van der Waals surface area contributed by atoms with Crippen molar-refractivity contribution in [2.75, 3.05) is 13.7 Å². The van der Waals surface area contributed by atoms with E-state index in [0.29, 0.717) is 17.1 Å². The Balaban J connectivity index is 1.81. The third-order valence-corrected chi connectivity index (χ3v) is 2.79. The van der Waals surface area contributed by atoms with Crippen molar-refractivity contribution < 1.29 is 23.8 Å². The zero-order valence-corrected chi connectivity index (χ0v) is 12.3. The van der Waals surface area contributed by atoms with Crippen molar-refractivity contribution in [3.63, 3.8) is 0 Å². The number of carbonyl (C=O) groups excluding carboxylic acids is 1. The lowest BCUT2D eigenvalue weighted by molar-refractivity contribution is -0.123. The van der Waals surface area contributed by atoms with Crippen molar-refractivity contribution in [3.05, 3.63) is 53.8 Å². The van der Waals surface area contributed by atoms with Crippen LogP contribution in [0.2, 0.25) is 0 Å². The molecule has 0 aliphatic heterocycles. The summed E-state index contributed by atoms with van der Waals surface area (Å²) in [5, 5.41) is 13.4. The summed E-state index contributed by atoms with van der Waals surface area (Å²) in [5.74, 6) is -0.149. The van der Waals surface area contributed by atoms with Crippen LogP contribution in [0.25, 0.3) is 0 Å². The maximum Gasteiger partial charge on any atom is 0.277 e. The first-order chi connectivity index (χ1) is 11.1. The van der Waals surface area contributed by atoms with E-state index in [9.17, 15) is 14.3 Å². The molecule has 0 atom stereocenters. The molecule has 0 aromatic heterocycles. The minimum atomic E-state index is -0.469. The molecule has 6 nitrogen and oxygen atoms in total. The van der Waals surface area contributed by atoms with Crippen LogP contribution in [0.1, 0.15) is 5.56 Å². The number of phenolic OH excluding ortho intramolecular Hbond substituents is 1. The van der Waals surface area contributed by atoms with E-state index in [4.69, 9.17) is 9.47 Å². The average molecular weight is 318 g/mol. The summed E-state index contributed by atoms with van der Waals surface area (Å²) in [6, 6.07) is 10.0. The lowest BCUT2D eigenvalue weighted by Gasteiger charge is -2.05. The molecule has 2 aromatic carbocycles. The van der Waals surface area contributed by atoms with Gasteiger partial charge in [-0.2, -0.15) is 5.10 Å². The number of halogens is 1. The highest BCUT2D eigenvalue weighted by molar-refractivity contribution is 5.83. The van der Waals surface area contributed by atoms with Crippen molar-refractivity contribution in [1.82, 2.24) is 5.43 Å². The van der Waals surface area contributed by atoms with Crippen LogP contribution in [-0.4, -0.2) is 30.9 Å². The number of phenols is 1. The molecule has 0 unspecified atom stereocenters. The van der Waals surface area contributed by atoms with Gasteiger partial charge in [0, 0.05) is 0 Å². The molecule has 2 N–H and O–H groups in total. The summed E-state index contributed by atoms with van der Waals surface area (Å²) in [5.41, 5.74) is 2.87. The predicted molar refractivity (Wildman–Crippen MR) is 82.3 cm³/mol. The Hall–Kier alpha value is -3.09. The molecule has 120 valence electrons. The van der Waals surface area contributed by atoms with Crippen LogP contribution >= 0.6 is 0 Å². The summed E-state index contributed by atoms with van der Waals surface area (Å²) in [6.07, 6.45) is 1.37. The molecular weight excluding hydrogens is 303 g/mol. The van der Waals surface area contributed by atoms with Gasteiger partial charge in [-0.1, -0.05) is 0 Å². The number of methoxy groups -OCH3 is 1. The van der Waals surface area contributed by atoms with Gasteiger partial charge < -0.3 is 14.6 Å². The quantitative estimate of drug-likeness (QED) is 0.631. The minimum Gasteiger partial charge on any atom is -0.504 e. The van der Waals surface area contributed by atoms with Crippen LogP contribution in [0.15, 0.2) is 47.6 Å². The van der Waals surface area contributed by atoms with Crippen LogP contribution in [0.5, 0.6) is 17.2 Å². The smallest absolute Gasteiger partial charge is 0.277 e. The highest BCUT2D eigenvalue weighted by Crippen LogP contribution is 2.25. The number of rotatable bonds is 6. The molecule has 0 heterocycles. The summed E-state index contributed by atoms with van der Waals surface area (Å²) in [4.78, 5) is 11.5. The Morgan fingerprint density at radius 2 is 2.04 bits per heavy atom. The van der Waals surface area contributed by atoms with E-state index in [1.165, 1.54) is 43.7 Å². The molecule has 0 spiro atoms. The molecule has 0 aliphatic rings. The van der Waals surface area contributed by atoms with Gasteiger partial charge in [0.2, 0.25) is 0 Å². The Morgan fingerprint density at radius 1 is 1.30 bits per heavy atom. The molecule has 2 aromatic rings. The van der Waals surface area contributed by atoms with E-state index in [2.05, 4.69) is 10.5 Å². The number of nitrogens with one attached hydrogen (secondary N) is 1. The Morgan fingerprint density at radius 3 is 2.70 bits per heavy atom. The highest BCUT2D eigenvalue weighted by atomic mass is 19.1. The molecular formula is C16H15FN2O4. The van der Waals surface area contributed by atoms with Gasteiger partial charge in [0.25, 0.3) is 5.91 Å². The fourth-order valence-electron chi connectivity index (χ4n) is 1.68. The first kappa shape index (κ1) is 16.3. The van der Waals surface area contributed by atoms with Gasteiger partial charge in [0.05, 0.1) is 13.3 Å². The van der Waals surface area contributed by atoms with Gasteiger partial charge >= 0.3 is 0 Å². The Bertz CT molecular complexity index is 702. The van der Waals surface area contributed by atoms with Crippen LogP contribution in [0, 0.1) is 5.82 Å². The molecule has 0 aliphatic carbocycles. The van der Waals surface area contributed by atoms with Crippen LogP contribution in [0.4, 0.5) is 4.39 Å². The molecule has 0 radical (unpaired) electrons. The lowest BCUT2D eigenvalue weighted by atomic mass is 10.2. The minimum absolute atomic E-state index is 0.0255. The van der Waals surface area contributed by atoms with E-state index in [1.807, 2.05) is 0 Å². The Labute approximate surface area is 132 Å². The molecule has 0 bridgehead atoms. The second kappa shape index (κ2) is 7.79. The summed E-state index contributed by atoms with van der Waals surface area (Å²) < 4.78 is 22.8. The molecule has 2 rings (SSSR count). The first-order valence-electron chi connectivity index (χ1n) is 6.66. The SMILES string of the molecule is COc1ccc(/C=N/NC(=O)COc2ccc(F)cc2)cc1O. The van der Waals surface area contributed by atoms with Gasteiger partial charge in [-0.25, -0.2) is 9.82 Å². The van der Waals surface area contributed by atoms with Gasteiger partial charge in [-0.3, -0.25) is 4.79 Å². The van der Waals surface area contributed by atoms with Crippen LogP contribution in [0.3, 0.4) is 0 Å². The van der Waals surface area contributed by atoms with Crippen molar-refractivity contribution in [3.8, 4) is 17.2 Å². The number of amides is 1. The van der Waals surface area contributed by atoms with E-state index >= 15 is 0 Å². The fraction of sp³-hybridized carbons (Fsp3) is 0.125. The summed E-state index contributed by atoms with van der Waals surface area (Å²) in [6.45, 7) is -0.253. The second-order valence-electron chi connectivity index (χ2n) is 4.47. The van der Waals surface area contributed by atoms with E-state index in [-0.39, 0.29) is 18.2 Å². The lowest BCUT2D eigenvalue weighted by Crippen LogP contribution is -2.24. The monoisotopic (exact) mass is 318 g/mol. The Kier molecular flexibility index (Phi) is 5.51. The highest BCUT2D eigenvalue weighted by Gasteiger charge is 2.03. The molecule has 0 saturated heterocycles. The molecule has 1 amide bonds. The van der Waals surface area contributed by atoms with Crippen molar-refractivity contribution >= 4 is 12.1 Å². The van der Waals surface area contributed by atoms with Crippen LogP contribution < -0.4 is 14.9 Å². The van der Waals surface area contributed by atoms with Gasteiger partial charge in [-0.15, -0.1) is 0 Å². The van der Waals surface area contributed by atoms with E-state index in [0.717, 1.165) is 0 Å². The normalized spacial score (nSPS) is 10.5. The van der Waals surface area contributed by atoms with Crippen molar-refractivity contribution in [1.29, 1.82) is 0 Å². The number of nitrogens with zero attached hydrogens (tertiary/aromatic N) is 1. The number of benzene rings is 2. The van der Waals surface area contributed by atoms with E-state index < -0.39 is 5.91 Å². The number of aromatic hydroxyl groups is 1. The maximum atomic E-state index is 12.7. The van der Waals surface area contributed by atoms with Crippen LogP contribution in [-0.2, 0) is 4.79 Å². The van der Waals surface area contributed by atoms with E-state index in [1.54, 1.807) is 12.1 Å². The zero-order valence-electron chi connectivity index (χ0n) is 12.3. The van der Waals surface area contributed by atoms with Crippen molar-refractivity contribution in [2.45, 2.75) is 0 Å². The molecule has 7 heteroatoms. The molecule has 0 fully saturated rings. The largest absolute Gasteiger partial charge is 0.504 e. The van der Waals surface area contributed by atoms with Gasteiger partial charge in [-0.05, 0) is 48.0 Å². The summed E-state index contributed by atoms with van der Waals surface area (Å²) in [7, 11) is 1.45. The molecule has 0 saturated carbocycles. The molecule has 23 heavy (non-hydrogen) atoms. The third kappa shape index (κ3) is 4.99. The standard InChI is InChI=1S/C16H15FN2O4/c1-22-15-7-2-11(8-14(15)20)9-18-19-16(21)10-23-13-5-3-12(17)4-6-13/h2-9,20H,10H2,1H3,(H,19,21)/b18-9+. The fourth-order valence-corrected chi connectivity index (χ4v) is 1.68. The predicted octanol–water partition coefficient (Wildman–Crippen LogP) is 2.07. The van der Waals surface area contributed by atoms with Gasteiger partial charge in [0.15, 0.2) is 18.1 Å². The number of hydrogen-bond donors (Lipinski definition) is 2. The second-order valence-corrected chi connectivity index (χ2v) is 4.47. The average Bonchev–Trinajstić information content (AvgIpc) is 2.54. The number of hydrazone groups is 1. The first-order valence-corrected chi connectivity index (χ1v) is 6.66. The number of hydrogen-bond acceptors (Lipinski definition) is 5. The zero-order chi connectivity index (χ0) is 16.7. The topological polar surface area (TPSA) is 80.2 Å².